The lowest BCUT2D eigenvalue weighted by Crippen LogP contribution is -2.42. The molecule has 11 heteroatoms. The summed E-state index contributed by atoms with van der Waals surface area (Å²) in [6, 6.07) is 15.8. The van der Waals surface area contributed by atoms with E-state index in [2.05, 4.69) is 10.1 Å². The maximum atomic E-state index is 12.7. The lowest BCUT2D eigenvalue weighted by atomic mass is 10.1. The fraction of sp³-hybridized carbons (Fsp3) is 0.462. The van der Waals surface area contributed by atoms with Gasteiger partial charge < -0.3 is 29.5 Å². The van der Waals surface area contributed by atoms with Crippen molar-refractivity contribution in [1.29, 1.82) is 0 Å². The van der Waals surface area contributed by atoms with E-state index in [1.807, 2.05) is 30.3 Å². The lowest BCUT2D eigenvalue weighted by Gasteiger charge is -2.23. The number of urea groups is 1. The van der Waals surface area contributed by atoms with Crippen LogP contribution in [0.3, 0.4) is 0 Å². The molecule has 2 aromatic rings. The van der Waals surface area contributed by atoms with Gasteiger partial charge in [0.05, 0.1) is 6.54 Å². The predicted molar refractivity (Wildman–Crippen MR) is 130 cm³/mol. The molecule has 0 aliphatic heterocycles. The van der Waals surface area contributed by atoms with Gasteiger partial charge in [-0.1, -0.05) is 42.5 Å². The number of alkyl halides is 3. The monoisotopic (exact) mass is 526 g/mol. The highest BCUT2D eigenvalue weighted by atomic mass is 19.4. The van der Waals surface area contributed by atoms with Crippen LogP contribution in [0, 0.1) is 0 Å². The standard InChI is InChI=1S/C26H33F3N2O6/c1-2-36-23(24(32)33)17-20-9-11-22(12-10-20)37-16-14-31(13-6-15-35-19-26(27,28)29)25(34)30-18-21-7-4-3-5-8-21/h3-5,7-12,23H,2,6,13-19H2,1H3,(H,30,34)(H,32,33). The molecule has 1 atom stereocenters. The first-order valence-electron chi connectivity index (χ1n) is 11.9. The number of carbonyl (C=O) groups excluding carboxylic acids is 1. The Morgan fingerprint density at radius 3 is 2.32 bits per heavy atom. The van der Waals surface area contributed by atoms with Gasteiger partial charge in [-0.15, -0.1) is 0 Å². The van der Waals surface area contributed by atoms with Crippen LogP contribution >= 0.6 is 0 Å². The zero-order valence-electron chi connectivity index (χ0n) is 20.7. The third-order valence-electron chi connectivity index (χ3n) is 5.17. The van der Waals surface area contributed by atoms with Gasteiger partial charge in [0.25, 0.3) is 0 Å². The summed E-state index contributed by atoms with van der Waals surface area (Å²) in [5.74, 6) is -0.498. The molecule has 0 aromatic heterocycles. The molecule has 8 nitrogen and oxygen atoms in total. The highest BCUT2D eigenvalue weighted by Crippen LogP contribution is 2.16. The molecule has 0 fully saturated rings. The van der Waals surface area contributed by atoms with Crippen LogP contribution in [0.1, 0.15) is 24.5 Å². The van der Waals surface area contributed by atoms with Crippen LogP contribution in [-0.2, 0) is 27.2 Å². The summed E-state index contributed by atoms with van der Waals surface area (Å²) < 4.78 is 52.4. The minimum atomic E-state index is -4.40. The Kier molecular flexibility index (Phi) is 12.7. The zero-order chi connectivity index (χ0) is 27.1. The first-order valence-corrected chi connectivity index (χ1v) is 11.9. The molecule has 2 aromatic carbocycles. The van der Waals surface area contributed by atoms with Crippen molar-refractivity contribution in [3.8, 4) is 5.75 Å². The van der Waals surface area contributed by atoms with E-state index >= 15 is 0 Å². The van der Waals surface area contributed by atoms with Crippen LogP contribution in [0.5, 0.6) is 5.75 Å². The smallest absolute Gasteiger partial charge is 0.411 e. The van der Waals surface area contributed by atoms with E-state index in [1.54, 1.807) is 31.2 Å². The summed E-state index contributed by atoms with van der Waals surface area (Å²) in [7, 11) is 0. The third-order valence-corrected chi connectivity index (χ3v) is 5.17. The molecule has 1 unspecified atom stereocenters. The number of ether oxygens (including phenoxy) is 3. The second-order valence-electron chi connectivity index (χ2n) is 8.13. The van der Waals surface area contributed by atoms with Gasteiger partial charge in [0.15, 0.2) is 6.10 Å². The third kappa shape index (κ3) is 12.5. The minimum Gasteiger partial charge on any atom is -0.492 e. The highest BCUT2D eigenvalue weighted by molar-refractivity contribution is 5.74. The second kappa shape index (κ2) is 15.7. The van der Waals surface area contributed by atoms with Gasteiger partial charge in [-0.3, -0.25) is 0 Å². The average Bonchev–Trinajstić information content (AvgIpc) is 2.86. The van der Waals surface area contributed by atoms with Gasteiger partial charge in [-0.05, 0) is 36.6 Å². The Hall–Kier alpha value is -3.31. The van der Waals surface area contributed by atoms with Gasteiger partial charge >= 0.3 is 18.2 Å². The normalized spacial score (nSPS) is 12.1. The van der Waals surface area contributed by atoms with Crippen molar-refractivity contribution in [2.75, 3.05) is 39.5 Å². The molecular weight excluding hydrogens is 493 g/mol. The number of aliphatic carboxylic acids is 1. The maximum absolute atomic E-state index is 12.7. The van der Waals surface area contributed by atoms with Crippen LogP contribution < -0.4 is 10.1 Å². The number of nitrogens with one attached hydrogen (secondary N) is 1. The van der Waals surface area contributed by atoms with Crippen molar-refractivity contribution in [3.05, 3.63) is 65.7 Å². The Balaban J connectivity index is 1.87. The molecule has 0 spiro atoms. The quantitative estimate of drug-likeness (QED) is 0.317. The number of benzene rings is 2. The molecule has 2 rings (SSSR count). The average molecular weight is 527 g/mol. The van der Waals surface area contributed by atoms with Gasteiger partial charge in [0.1, 0.15) is 19.0 Å². The molecule has 204 valence electrons. The van der Waals surface area contributed by atoms with Crippen molar-refractivity contribution < 1.29 is 42.1 Å². The number of halogens is 3. The molecule has 0 aliphatic carbocycles. The number of carbonyl (C=O) groups is 2. The largest absolute Gasteiger partial charge is 0.492 e. The maximum Gasteiger partial charge on any atom is 0.411 e. The summed E-state index contributed by atoms with van der Waals surface area (Å²) in [5.41, 5.74) is 1.68. The van der Waals surface area contributed by atoms with Gasteiger partial charge in [0, 0.05) is 32.7 Å². The number of nitrogens with zero attached hydrogens (tertiary/aromatic N) is 1. The molecule has 2 N–H and O–H groups in total. The van der Waals surface area contributed by atoms with Crippen molar-refractivity contribution >= 4 is 12.0 Å². The van der Waals surface area contributed by atoms with Crippen molar-refractivity contribution in [2.24, 2.45) is 0 Å². The van der Waals surface area contributed by atoms with Crippen molar-refractivity contribution in [1.82, 2.24) is 10.2 Å². The molecule has 0 bridgehead atoms. The van der Waals surface area contributed by atoms with E-state index < -0.39 is 24.9 Å². The van der Waals surface area contributed by atoms with E-state index in [-0.39, 0.29) is 45.2 Å². The zero-order valence-corrected chi connectivity index (χ0v) is 20.7. The summed E-state index contributed by atoms with van der Waals surface area (Å²) >= 11 is 0. The SMILES string of the molecule is CCOC(Cc1ccc(OCCN(CCCOCC(F)(F)F)C(=O)NCc2ccccc2)cc1)C(=O)O. The van der Waals surface area contributed by atoms with E-state index in [0.29, 0.717) is 18.9 Å². The van der Waals surface area contributed by atoms with Crippen molar-refractivity contribution in [3.63, 3.8) is 0 Å². The highest BCUT2D eigenvalue weighted by Gasteiger charge is 2.27. The minimum absolute atomic E-state index is 0.136. The van der Waals surface area contributed by atoms with Gasteiger partial charge in [-0.2, -0.15) is 13.2 Å². The van der Waals surface area contributed by atoms with Gasteiger partial charge in [0.2, 0.25) is 0 Å². The molecule has 0 heterocycles. The number of carboxylic acids is 1. The number of amides is 2. The number of hydrogen-bond acceptors (Lipinski definition) is 5. The summed E-state index contributed by atoms with van der Waals surface area (Å²) in [6.45, 7) is 1.41. The van der Waals surface area contributed by atoms with Crippen LogP contribution in [0.4, 0.5) is 18.0 Å². The van der Waals surface area contributed by atoms with Crippen LogP contribution in [0.25, 0.3) is 0 Å². The fourth-order valence-electron chi connectivity index (χ4n) is 3.37. The van der Waals surface area contributed by atoms with Crippen LogP contribution in [0.15, 0.2) is 54.6 Å². The molecule has 2 amide bonds. The van der Waals surface area contributed by atoms with E-state index in [4.69, 9.17) is 9.47 Å². The first kappa shape index (κ1) is 29.9. The fourth-order valence-corrected chi connectivity index (χ4v) is 3.37. The van der Waals surface area contributed by atoms with Crippen molar-refractivity contribution in [2.45, 2.75) is 38.6 Å². The van der Waals surface area contributed by atoms with Gasteiger partial charge in [-0.25, -0.2) is 9.59 Å². The number of carboxylic acid groups (broad SMARTS) is 1. The first-order chi connectivity index (χ1) is 17.7. The predicted octanol–water partition coefficient (Wildman–Crippen LogP) is 4.28. The molecule has 0 saturated heterocycles. The van der Waals surface area contributed by atoms with Crippen LogP contribution in [0.2, 0.25) is 0 Å². The summed E-state index contributed by atoms with van der Waals surface area (Å²) in [4.78, 5) is 25.4. The Labute approximate surface area is 214 Å². The summed E-state index contributed by atoms with van der Waals surface area (Å²) in [5, 5.41) is 12.0. The Bertz CT molecular complexity index is 942. The van der Waals surface area contributed by atoms with E-state index in [1.165, 1.54) is 4.90 Å². The molecule has 0 radical (unpaired) electrons. The number of hydrogen-bond donors (Lipinski definition) is 2. The molecule has 0 saturated carbocycles. The topological polar surface area (TPSA) is 97.3 Å². The molecule has 0 aliphatic rings. The van der Waals surface area contributed by atoms with Crippen LogP contribution in [-0.4, -0.2) is 73.8 Å². The van der Waals surface area contributed by atoms with E-state index in [0.717, 1.165) is 11.1 Å². The Morgan fingerprint density at radius 2 is 1.70 bits per heavy atom. The number of rotatable bonds is 16. The second-order valence-corrected chi connectivity index (χ2v) is 8.13. The van der Waals surface area contributed by atoms with E-state index in [9.17, 15) is 27.9 Å². The lowest BCUT2D eigenvalue weighted by molar-refractivity contribution is -0.174. The summed E-state index contributed by atoms with van der Waals surface area (Å²) in [6.07, 6.45) is -4.88. The Morgan fingerprint density at radius 1 is 1.00 bits per heavy atom. The molecular formula is C26H33F3N2O6. The molecule has 37 heavy (non-hydrogen) atoms.